The average Bonchev–Trinajstić information content (AvgIpc) is 3.03. The summed E-state index contributed by atoms with van der Waals surface area (Å²) >= 11 is 0. The predicted molar refractivity (Wildman–Crippen MR) is 78.8 cm³/mol. The number of fused-ring (bicyclic) bond motifs is 1. The Morgan fingerprint density at radius 2 is 2.35 bits per heavy atom. The standard InChI is InChI=1S/C11H16N5O6P/c12-11-14-9-8(10(17)15-11)13-5-16(9)7-3-6(4-22-7)21-1-2-23(18,19)20/h5-7H,1-4H2,(H2,18,19,20)(H3,12,14,15,17)/t6-,7-/m1/s1. The van der Waals surface area contributed by atoms with Crippen molar-refractivity contribution >= 4 is 24.7 Å². The summed E-state index contributed by atoms with van der Waals surface area (Å²) in [7, 11) is -4.07. The second-order valence-electron chi connectivity index (χ2n) is 5.18. The maximum Gasteiger partial charge on any atom is 0.327 e. The van der Waals surface area contributed by atoms with Crippen LogP contribution < -0.4 is 11.3 Å². The number of imidazole rings is 1. The van der Waals surface area contributed by atoms with E-state index in [0.29, 0.717) is 12.1 Å². The third-order valence-corrected chi connectivity index (χ3v) is 4.20. The van der Waals surface area contributed by atoms with Gasteiger partial charge in [0, 0.05) is 6.42 Å². The minimum absolute atomic E-state index is 0.0170. The van der Waals surface area contributed by atoms with Crippen LogP contribution in [0.15, 0.2) is 11.1 Å². The van der Waals surface area contributed by atoms with Crippen LogP contribution in [0.2, 0.25) is 0 Å². The molecule has 0 saturated carbocycles. The lowest BCUT2D eigenvalue weighted by Crippen LogP contribution is -2.16. The fraction of sp³-hybridized carbons (Fsp3) is 0.545. The molecular weight excluding hydrogens is 329 g/mol. The predicted octanol–water partition coefficient (Wildman–Crippen LogP) is -0.816. The minimum Gasteiger partial charge on any atom is -0.375 e. The summed E-state index contributed by atoms with van der Waals surface area (Å²) in [6, 6.07) is 0. The average molecular weight is 345 g/mol. The molecule has 12 heteroatoms. The zero-order valence-electron chi connectivity index (χ0n) is 12.0. The highest BCUT2D eigenvalue weighted by molar-refractivity contribution is 7.51. The molecule has 0 bridgehead atoms. The number of rotatable bonds is 5. The quantitative estimate of drug-likeness (QED) is 0.506. The molecule has 3 heterocycles. The Bertz CT molecular complexity index is 813. The van der Waals surface area contributed by atoms with Gasteiger partial charge in [0.25, 0.3) is 5.56 Å². The molecule has 2 aromatic heterocycles. The monoisotopic (exact) mass is 345 g/mol. The molecule has 11 nitrogen and oxygen atoms in total. The zero-order chi connectivity index (χ0) is 16.6. The SMILES string of the molecule is Nc1nc2c(ncn2[C@H]2C[C@@H](OCCP(=O)(O)O)CO2)c(=O)[nH]1. The highest BCUT2D eigenvalue weighted by atomic mass is 31.2. The Kier molecular flexibility index (Phi) is 4.21. The van der Waals surface area contributed by atoms with Crippen LogP contribution in [0.5, 0.6) is 0 Å². The lowest BCUT2D eigenvalue weighted by Gasteiger charge is -2.12. The van der Waals surface area contributed by atoms with Crippen LogP contribution in [0.4, 0.5) is 5.95 Å². The Hall–Kier alpha value is -1.78. The first-order valence-corrected chi connectivity index (χ1v) is 8.63. The van der Waals surface area contributed by atoms with E-state index in [9.17, 15) is 9.36 Å². The van der Waals surface area contributed by atoms with Crippen molar-refractivity contribution < 1.29 is 23.8 Å². The highest BCUT2D eigenvalue weighted by Gasteiger charge is 2.29. The largest absolute Gasteiger partial charge is 0.375 e. The molecule has 0 aliphatic carbocycles. The number of nitrogen functional groups attached to an aromatic ring is 1. The van der Waals surface area contributed by atoms with Gasteiger partial charge in [-0.25, -0.2) is 4.98 Å². The zero-order valence-corrected chi connectivity index (χ0v) is 12.8. The Labute approximate surface area is 129 Å². The molecule has 1 aliphatic heterocycles. The van der Waals surface area contributed by atoms with Crippen LogP contribution in [-0.2, 0) is 14.0 Å². The smallest absolute Gasteiger partial charge is 0.327 e. The first-order chi connectivity index (χ1) is 10.8. The van der Waals surface area contributed by atoms with Gasteiger partial charge in [0.2, 0.25) is 5.95 Å². The van der Waals surface area contributed by atoms with Gasteiger partial charge < -0.3 is 25.0 Å². The van der Waals surface area contributed by atoms with E-state index in [4.69, 9.17) is 25.0 Å². The Balaban J connectivity index is 1.70. The van der Waals surface area contributed by atoms with Crippen molar-refractivity contribution in [2.75, 3.05) is 25.1 Å². The highest BCUT2D eigenvalue weighted by Crippen LogP contribution is 2.34. The van der Waals surface area contributed by atoms with Crippen LogP contribution in [0, 0.1) is 0 Å². The number of nitrogens with one attached hydrogen (secondary N) is 1. The van der Waals surface area contributed by atoms with E-state index in [0.717, 1.165) is 0 Å². The summed E-state index contributed by atoms with van der Waals surface area (Å²) in [6.07, 6.45) is 0.809. The fourth-order valence-corrected chi connectivity index (χ4v) is 2.72. The summed E-state index contributed by atoms with van der Waals surface area (Å²) in [5.74, 6) is -0.0170. The topological polar surface area (TPSA) is 166 Å². The van der Waals surface area contributed by atoms with Gasteiger partial charge in [-0.05, 0) is 0 Å². The molecule has 23 heavy (non-hydrogen) atoms. The maximum absolute atomic E-state index is 11.7. The number of ether oxygens (including phenoxy) is 2. The summed E-state index contributed by atoms with van der Waals surface area (Å²) in [5.41, 5.74) is 5.58. The van der Waals surface area contributed by atoms with E-state index in [1.54, 1.807) is 4.57 Å². The second-order valence-corrected chi connectivity index (χ2v) is 6.96. The first-order valence-electron chi connectivity index (χ1n) is 6.83. The van der Waals surface area contributed by atoms with Crippen LogP contribution >= 0.6 is 7.60 Å². The van der Waals surface area contributed by atoms with Gasteiger partial charge in [0.1, 0.15) is 6.23 Å². The van der Waals surface area contributed by atoms with Gasteiger partial charge in [0.05, 0.1) is 31.8 Å². The number of aromatic nitrogens is 4. The first kappa shape index (κ1) is 16.1. The van der Waals surface area contributed by atoms with E-state index < -0.39 is 19.4 Å². The second kappa shape index (κ2) is 6.02. The van der Waals surface area contributed by atoms with Crippen LogP contribution in [0.1, 0.15) is 12.6 Å². The van der Waals surface area contributed by atoms with Crippen LogP contribution in [-0.4, -0.2) is 54.8 Å². The van der Waals surface area contributed by atoms with E-state index >= 15 is 0 Å². The number of nitrogens with two attached hydrogens (primary N) is 1. The summed E-state index contributed by atoms with van der Waals surface area (Å²) < 4.78 is 23.4. The van der Waals surface area contributed by atoms with Gasteiger partial charge in [-0.15, -0.1) is 0 Å². The molecular formula is C11H16N5O6P. The van der Waals surface area contributed by atoms with E-state index in [2.05, 4.69) is 15.0 Å². The summed E-state index contributed by atoms with van der Waals surface area (Å²) in [6.45, 7) is 0.213. The van der Waals surface area contributed by atoms with Crippen molar-refractivity contribution in [3.8, 4) is 0 Å². The van der Waals surface area contributed by atoms with Gasteiger partial charge in [-0.2, -0.15) is 4.98 Å². The van der Waals surface area contributed by atoms with Crippen molar-refractivity contribution in [3.05, 3.63) is 16.7 Å². The number of hydrogen-bond acceptors (Lipinski definition) is 7. The molecule has 1 saturated heterocycles. The minimum atomic E-state index is -4.07. The number of nitrogens with zero attached hydrogens (tertiary/aromatic N) is 3. The van der Waals surface area contributed by atoms with Gasteiger partial charge >= 0.3 is 7.60 Å². The Morgan fingerprint density at radius 1 is 1.57 bits per heavy atom. The van der Waals surface area contributed by atoms with E-state index in [1.165, 1.54) is 6.33 Å². The molecule has 0 radical (unpaired) electrons. The molecule has 0 unspecified atom stereocenters. The Morgan fingerprint density at radius 3 is 3.09 bits per heavy atom. The lowest BCUT2D eigenvalue weighted by molar-refractivity contribution is 0.0307. The molecule has 5 N–H and O–H groups in total. The molecule has 2 aromatic rings. The fourth-order valence-electron chi connectivity index (χ4n) is 2.38. The van der Waals surface area contributed by atoms with E-state index in [-0.39, 0.29) is 36.9 Å². The van der Waals surface area contributed by atoms with Crippen molar-refractivity contribution in [1.29, 1.82) is 0 Å². The van der Waals surface area contributed by atoms with Crippen molar-refractivity contribution in [3.63, 3.8) is 0 Å². The number of aromatic amines is 1. The van der Waals surface area contributed by atoms with Crippen LogP contribution in [0.3, 0.4) is 0 Å². The van der Waals surface area contributed by atoms with Gasteiger partial charge in [-0.1, -0.05) is 0 Å². The molecule has 0 amide bonds. The molecule has 1 aliphatic rings. The number of anilines is 1. The molecule has 2 atom stereocenters. The molecule has 0 aromatic carbocycles. The summed E-state index contributed by atoms with van der Waals surface area (Å²) in [4.78, 5) is 39.8. The number of hydrogen-bond donors (Lipinski definition) is 4. The van der Waals surface area contributed by atoms with Gasteiger partial charge in [-0.3, -0.25) is 18.9 Å². The van der Waals surface area contributed by atoms with Crippen molar-refractivity contribution in [2.24, 2.45) is 0 Å². The molecule has 3 rings (SSSR count). The van der Waals surface area contributed by atoms with E-state index in [1.807, 2.05) is 0 Å². The maximum atomic E-state index is 11.7. The van der Waals surface area contributed by atoms with Crippen molar-refractivity contribution in [1.82, 2.24) is 19.5 Å². The molecule has 1 fully saturated rings. The molecule has 126 valence electrons. The van der Waals surface area contributed by atoms with Crippen LogP contribution in [0.25, 0.3) is 11.2 Å². The molecule has 0 spiro atoms. The van der Waals surface area contributed by atoms with Crippen molar-refractivity contribution in [2.45, 2.75) is 18.8 Å². The van der Waals surface area contributed by atoms with Gasteiger partial charge in [0.15, 0.2) is 11.2 Å². The third kappa shape index (κ3) is 3.59. The third-order valence-electron chi connectivity index (χ3n) is 3.44. The normalized spacial score (nSPS) is 22.0. The lowest BCUT2D eigenvalue weighted by atomic mass is 10.3. The summed E-state index contributed by atoms with van der Waals surface area (Å²) in [5, 5.41) is 0. The number of H-pyrrole nitrogens is 1.